The molecule has 1 atom stereocenters. The van der Waals surface area contributed by atoms with Crippen molar-refractivity contribution in [2.45, 2.75) is 19.4 Å². The van der Waals surface area contributed by atoms with Gasteiger partial charge in [-0.25, -0.2) is 0 Å². The van der Waals surface area contributed by atoms with E-state index in [-0.39, 0.29) is 17.7 Å². The molecule has 1 heterocycles. The fourth-order valence-electron chi connectivity index (χ4n) is 2.52. The van der Waals surface area contributed by atoms with E-state index in [1.54, 1.807) is 15.9 Å². The third-order valence-corrected chi connectivity index (χ3v) is 3.78. The van der Waals surface area contributed by atoms with E-state index < -0.39 is 4.92 Å². The van der Waals surface area contributed by atoms with Gasteiger partial charge in [0.2, 0.25) is 0 Å². The van der Waals surface area contributed by atoms with Gasteiger partial charge in [-0.05, 0) is 12.5 Å². The van der Waals surface area contributed by atoms with Gasteiger partial charge < -0.3 is 14.5 Å². The first-order chi connectivity index (χ1) is 10.4. The fourth-order valence-corrected chi connectivity index (χ4v) is 2.52. The molecule has 7 nitrogen and oxygen atoms in total. The summed E-state index contributed by atoms with van der Waals surface area (Å²) >= 11 is 0. The van der Waals surface area contributed by atoms with Crippen molar-refractivity contribution in [2.75, 3.05) is 38.7 Å². The van der Waals surface area contributed by atoms with E-state index in [0.29, 0.717) is 30.9 Å². The molecule has 1 aliphatic heterocycles. The van der Waals surface area contributed by atoms with E-state index >= 15 is 0 Å². The molecule has 1 saturated heterocycles. The molecule has 0 bridgehead atoms. The van der Waals surface area contributed by atoms with Crippen LogP contribution in [0.25, 0.3) is 0 Å². The number of nitro benzene ring substituents is 1. The molecule has 0 aliphatic carbocycles. The van der Waals surface area contributed by atoms with Crippen LogP contribution < -0.4 is 4.90 Å². The Kier molecular flexibility index (Phi) is 4.97. The number of morpholine rings is 1. The zero-order chi connectivity index (χ0) is 16.3. The zero-order valence-corrected chi connectivity index (χ0v) is 13.1. The standard InChI is InChI=1S/C15H21N3O4/c1-4-12-10-17(7-8-22-12)15(19)13-9-11(18(20)21)5-6-14(13)16(2)3/h5-6,9,12H,4,7-8,10H2,1-3H3/t12-/m0/s1. The maximum atomic E-state index is 12.8. The Hall–Kier alpha value is -2.15. The molecular weight excluding hydrogens is 286 g/mol. The first-order valence-electron chi connectivity index (χ1n) is 7.30. The summed E-state index contributed by atoms with van der Waals surface area (Å²) in [5.41, 5.74) is 0.959. The van der Waals surface area contributed by atoms with Crippen molar-refractivity contribution in [3.63, 3.8) is 0 Å². The Labute approximate surface area is 129 Å². The van der Waals surface area contributed by atoms with Crippen LogP contribution in [0.2, 0.25) is 0 Å². The lowest BCUT2D eigenvalue weighted by Gasteiger charge is -2.33. The lowest BCUT2D eigenvalue weighted by Crippen LogP contribution is -2.45. The highest BCUT2D eigenvalue weighted by atomic mass is 16.6. The van der Waals surface area contributed by atoms with E-state index in [2.05, 4.69) is 0 Å². The number of non-ortho nitro benzene ring substituents is 1. The largest absolute Gasteiger partial charge is 0.377 e. The molecule has 7 heteroatoms. The van der Waals surface area contributed by atoms with Gasteiger partial charge in [-0.1, -0.05) is 6.92 Å². The number of carbonyl (C=O) groups is 1. The van der Waals surface area contributed by atoms with Crippen molar-refractivity contribution in [1.29, 1.82) is 0 Å². The SMILES string of the molecule is CC[C@H]1CN(C(=O)c2cc([N+](=O)[O-])ccc2N(C)C)CCO1. The molecule has 2 rings (SSSR count). The quantitative estimate of drug-likeness (QED) is 0.627. The van der Waals surface area contributed by atoms with Crippen molar-refractivity contribution in [1.82, 2.24) is 4.90 Å². The predicted octanol–water partition coefficient (Wildman–Crippen LogP) is 1.91. The summed E-state index contributed by atoms with van der Waals surface area (Å²) in [5.74, 6) is -0.186. The Morgan fingerprint density at radius 2 is 2.23 bits per heavy atom. The molecule has 0 saturated carbocycles. The summed E-state index contributed by atoms with van der Waals surface area (Å²) in [6.07, 6.45) is 0.860. The lowest BCUT2D eigenvalue weighted by molar-refractivity contribution is -0.384. The van der Waals surface area contributed by atoms with E-state index in [4.69, 9.17) is 4.74 Å². The number of benzene rings is 1. The average Bonchev–Trinajstić information content (AvgIpc) is 2.53. The minimum absolute atomic E-state index is 0.0270. The Bertz CT molecular complexity index is 574. The van der Waals surface area contributed by atoms with Crippen molar-refractivity contribution in [2.24, 2.45) is 0 Å². The molecule has 0 radical (unpaired) electrons. The van der Waals surface area contributed by atoms with Crippen LogP contribution in [0.1, 0.15) is 23.7 Å². The van der Waals surface area contributed by atoms with Crippen LogP contribution in [0.3, 0.4) is 0 Å². The number of ether oxygens (including phenoxy) is 1. The van der Waals surface area contributed by atoms with Crippen molar-refractivity contribution >= 4 is 17.3 Å². The summed E-state index contributed by atoms with van der Waals surface area (Å²) in [6, 6.07) is 4.39. The molecule has 120 valence electrons. The van der Waals surface area contributed by atoms with Gasteiger partial charge in [0.25, 0.3) is 11.6 Å². The molecule has 1 fully saturated rings. The summed E-state index contributed by atoms with van der Waals surface area (Å²) in [7, 11) is 3.62. The summed E-state index contributed by atoms with van der Waals surface area (Å²) < 4.78 is 5.57. The van der Waals surface area contributed by atoms with Gasteiger partial charge in [0.05, 0.1) is 23.2 Å². The first kappa shape index (κ1) is 16.2. The summed E-state index contributed by atoms with van der Waals surface area (Å²) in [4.78, 5) is 26.8. The second-order valence-corrected chi connectivity index (χ2v) is 5.51. The van der Waals surface area contributed by atoms with Crippen molar-refractivity contribution in [3.05, 3.63) is 33.9 Å². The Morgan fingerprint density at radius 3 is 2.82 bits per heavy atom. The number of amides is 1. The Morgan fingerprint density at radius 1 is 1.50 bits per heavy atom. The molecule has 1 aromatic carbocycles. The van der Waals surface area contributed by atoms with Crippen LogP contribution in [-0.4, -0.2) is 55.6 Å². The van der Waals surface area contributed by atoms with E-state index in [0.717, 1.165) is 6.42 Å². The average molecular weight is 307 g/mol. The smallest absolute Gasteiger partial charge is 0.270 e. The minimum atomic E-state index is -0.482. The minimum Gasteiger partial charge on any atom is -0.377 e. The number of carbonyl (C=O) groups excluding carboxylic acids is 1. The monoisotopic (exact) mass is 307 g/mol. The highest BCUT2D eigenvalue weighted by Gasteiger charge is 2.27. The molecule has 0 aromatic heterocycles. The van der Waals surface area contributed by atoms with Crippen molar-refractivity contribution < 1.29 is 14.5 Å². The topological polar surface area (TPSA) is 75.9 Å². The summed E-state index contributed by atoms with van der Waals surface area (Å²) in [5, 5.41) is 11.0. The van der Waals surface area contributed by atoms with Crippen molar-refractivity contribution in [3.8, 4) is 0 Å². The lowest BCUT2D eigenvalue weighted by atomic mass is 10.1. The second-order valence-electron chi connectivity index (χ2n) is 5.51. The highest BCUT2D eigenvalue weighted by Crippen LogP contribution is 2.26. The van der Waals surface area contributed by atoms with Gasteiger partial charge in [-0.15, -0.1) is 0 Å². The molecule has 22 heavy (non-hydrogen) atoms. The number of hydrogen-bond donors (Lipinski definition) is 0. The molecule has 0 unspecified atom stereocenters. The van der Waals surface area contributed by atoms with Crippen LogP contribution in [0.5, 0.6) is 0 Å². The van der Waals surface area contributed by atoms with Crippen LogP contribution in [0.4, 0.5) is 11.4 Å². The van der Waals surface area contributed by atoms with Crippen LogP contribution >= 0.6 is 0 Å². The highest BCUT2D eigenvalue weighted by molar-refractivity contribution is 6.00. The maximum absolute atomic E-state index is 12.8. The van der Waals surface area contributed by atoms with E-state index in [1.807, 2.05) is 21.0 Å². The fraction of sp³-hybridized carbons (Fsp3) is 0.533. The Balaban J connectivity index is 2.34. The third kappa shape index (κ3) is 3.36. The van der Waals surface area contributed by atoms with Gasteiger partial charge >= 0.3 is 0 Å². The van der Waals surface area contributed by atoms with Crippen LogP contribution in [-0.2, 0) is 4.74 Å². The van der Waals surface area contributed by atoms with Gasteiger partial charge in [0.1, 0.15) is 0 Å². The van der Waals surface area contributed by atoms with Gasteiger partial charge in [-0.2, -0.15) is 0 Å². The molecule has 0 spiro atoms. The normalized spacial score (nSPS) is 18.1. The molecule has 0 N–H and O–H groups in total. The summed E-state index contributed by atoms with van der Waals surface area (Å²) in [6.45, 7) is 3.53. The molecule has 1 amide bonds. The third-order valence-electron chi connectivity index (χ3n) is 3.78. The number of hydrogen-bond acceptors (Lipinski definition) is 5. The number of nitrogens with zero attached hydrogens (tertiary/aromatic N) is 3. The molecular formula is C15H21N3O4. The number of rotatable bonds is 4. The second kappa shape index (κ2) is 6.74. The number of anilines is 1. The maximum Gasteiger partial charge on any atom is 0.270 e. The molecule has 1 aromatic rings. The zero-order valence-electron chi connectivity index (χ0n) is 13.1. The van der Waals surface area contributed by atoms with Gasteiger partial charge in [0, 0.05) is 45.0 Å². The van der Waals surface area contributed by atoms with Gasteiger partial charge in [-0.3, -0.25) is 14.9 Å². The number of nitro groups is 1. The van der Waals surface area contributed by atoms with E-state index in [1.165, 1.54) is 12.1 Å². The van der Waals surface area contributed by atoms with Crippen LogP contribution in [0, 0.1) is 10.1 Å². The van der Waals surface area contributed by atoms with Gasteiger partial charge in [0.15, 0.2) is 0 Å². The first-order valence-corrected chi connectivity index (χ1v) is 7.30. The van der Waals surface area contributed by atoms with Crippen LogP contribution in [0.15, 0.2) is 18.2 Å². The van der Waals surface area contributed by atoms with E-state index in [9.17, 15) is 14.9 Å². The molecule has 1 aliphatic rings. The predicted molar refractivity (Wildman–Crippen MR) is 83.4 cm³/mol.